The van der Waals surface area contributed by atoms with E-state index in [4.69, 9.17) is 9.84 Å². The van der Waals surface area contributed by atoms with Crippen LogP contribution in [-0.4, -0.2) is 23.7 Å². The minimum absolute atomic E-state index is 0.106. The number of rotatable bonds is 11. The molecule has 0 bridgehead atoms. The summed E-state index contributed by atoms with van der Waals surface area (Å²) in [6.07, 6.45) is 8.27. The summed E-state index contributed by atoms with van der Waals surface area (Å²) >= 11 is 0. The number of aliphatic carboxylic acids is 1. The van der Waals surface area contributed by atoms with Crippen LogP contribution in [-0.2, 0) is 14.3 Å². The molecule has 0 aromatic rings. The molecule has 0 radical (unpaired) electrons. The molecule has 0 spiro atoms. The maximum absolute atomic E-state index is 11.7. The topological polar surface area (TPSA) is 63.6 Å². The summed E-state index contributed by atoms with van der Waals surface area (Å²) in [6.45, 7) is 6.23. The van der Waals surface area contributed by atoms with Gasteiger partial charge in [-0.25, -0.2) is 0 Å². The standard InChI is InChI=1S/C16H28O4/c1-4-9-13(15(17)18)11-7-8-12-14(10-5-2)16(19)20-6-3/h7-8,13-14H,4-6,9-12H2,1-3H3,(H,17,18). The molecular weight excluding hydrogens is 256 g/mol. The molecule has 0 saturated carbocycles. The summed E-state index contributed by atoms with van der Waals surface area (Å²) in [5, 5.41) is 9.05. The highest BCUT2D eigenvalue weighted by molar-refractivity contribution is 5.72. The van der Waals surface area contributed by atoms with Gasteiger partial charge in [-0.15, -0.1) is 0 Å². The SMILES string of the molecule is CCCC(CC=CCC(CCC)C(=O)OCC)C(=O)O. The normalized spacial score (nSPS) is 14.2. The lowest BCUT2D eigenvalue weighted by atomic mass is 9.97. The second-order valence-electron chi connectivity index (χ2n) is 5.00. The molecule has 0 rings (SSSR count). The van der Waals surface area contributed by atoms with Gasteiger partial charge in [0.1, 0.15) is 0 Å². The van der Waals surface area contributed by atoms with E-state index in [1.807, 2.05) is 26.0 Å². The molecule has 1 N–H and O–H groups in total. The van der Waals surface area contributed by atoms with Gasteiger partial charge in [0.2, 0.25) is 0 Å². The predicted molar refractivity (Wildman–Crippen MR) is 79.4 cm³/mol. The highest BCUT2D eigenvalue weighted by Gasteiger charge is 2.17. The Hall–Kier alpha value is -1.32. The van der Waals surface area contributed by atoms with Crippen LogP contribution < -0.4 is 0 Å². The van der Waals surface area contributed by atoms with E-state index in [9.17, 15) is 9.59 Å². The Kier molecular flexibility index (Phi) is 10.7. The van der Waals surface area contributed by atoms with E-state index in [1.54, 1.807) is 6.92 Å². The molecule has 4 nitrogen and oxygen atoms in total. The highest BCUT2D eigenvalue weighted by Crippen LogP contribution is 2.16. The van der Waals surface area contributed by atoms with Crippen molar-refractivity contribution in [1.29, 1.82) is 0 Å². The fourth-order valence-corrected chi connectivity index (χ4v) is 2.15. The number of carbonyl (C=O) groups is 2. The maximum atomic E-state index is 11.7. The van der Waals surface area contributed by atoms with E-state index in [-0.39, 0.29) is 17.8 Å². The third kappa shape index (κ3) is 7.97. The number of allylic oxidation sites excluding steroid dienone is 2. The summed E-state index contributed by atoms with van der Waals surface area (Å²) in [5.74, 6) is -1.32. The van der Waals surface area contributed by atoms with Crippen molar-refractivity contribution in [2.75, 3.05) is 6.61 Å². The van der Waals surface area contributed by atoms with Crippen molar-refractivity contribution in [3.63, 3.8) is 0 Å². The molecule has 2 atom stereocenters. The molecule has 116 valence electrons. The van der Waals surface area contributed by atoms with Crippen molar-refractivity contribution < 1.29 is 19.4 Å². The Morgan fingerprint density at radius 1 is 1.00 bits per heavy atom. The van der Waals surface area contributed by atoms with Gasteiger partial charge < -0.3 is 9.84 Å². The molecule has 0 heterocycles. The van der Waals surface area contributed by atoms with E-state index < -0.39 is 5.97 Å². The van der Waals surface area contributed by atoms with Crippen LogP contribution in [0.1, 0.15) is 59.3 Å². The highest BCUT2D eigenvalue weighted by atomic mass is 16.5. The number of esters is 1. The van der Waals surface area contributed by atoms with Crippen molar-refractivity contribution in [3.05, 3.63) is 12.2 Å². The van der Waals surface area contributed by atoms with Gasteiger partial charge in [-0.05, 0) is 32.6 Å². The lowest BCUT2D eigenvalue weighted by Gasteiger charge is -2.12. The van der Waals surface area contributed by atoms with E-state index in [0.717, 1.165) is 19.3 Å². The summed E-state index contributed by atoms with van der Waals surface area (Å²) in [6, 6.07) is 0. The smallest absolute Gasteiger partial charge is 0.309 e. The summed E-state index contributed by atoms with van der Waals surface area (Å²) < 4.78 is 5.04. The van der Waals surface area contributed by atoms with E-state index in [1.165, 1.54) is 0 Å². The number of carboxylic acid groups (broad SMARTS) is 1. The van der Waals surface area contributed by atoms with Crippen LogP contribution in [0.2, 0.25) is 0 Å². The first-order chi connectivity index (χ1) is 9.56. The minimum atomic E-state index is -0.744. The van der Waals surface area contributed by atoms with E-state index >= 15 is 0 Å². The molecule has 0 fully saturated rings. The first kappa shape index (κ1) is 18.7. The van der Waals surface area contributed by atoms with Gasteiger partial charge in [0.25, 0.3) is 0 Å². The van der Waals surface area contributed by atoms with Crippen molar-refractivity contribution in [2.45, 2.75) is 59.3 Å². The van der Waals surface area contributed by atoms with Crippen LogP contribution >= 0.6 is 0 Å². The van der Waals surface area contributed by atoms with Gasteiger partial charge in [0, 0.05) is 0 Å². The first-order valence-electron chi connectivity index (χ1n) is 7.61. The Morgan fingerprint density at radius 2 is 1.50 bits per heavy atom. The maximum Gasteiger partial charge on any atom is 0.309 e. The Labute approximate surface area is 122 Å². The number of hydrogen-bond acceptors (Lipinski definition) is 3. The Balaban J connectivity index is 4.28. The molecule has 20 heavy (non-hydrogen) atoms. The van der Waals surface area contributed by atoms with Crippen molar-refractivity contribution in [1.82, 2.24) is 0 Å². The number of carbonyl (C=O) groups excluding carboxylic acids is 1. The zero-order valence-corrected chi connectivity index (χ0v) is 12.9. The number of ether oxygens (including phenoxy) is 1. The first-order valence-corrected chi connectivity index (χ1v) is 7.61. The lowest BCUT2D eigenvalue weighted by molar-refractivity contribution is -0.148. The molecule has 0 aromatic carbocycles. The fraction of sp³-hybridized carbons (Fsp3) is 0.750. The van der Waals surface area contributed by atoms with Gasteiger partial charge in [-0.1, -0.05) is 38.8 Å². The van der Waals surface area contributed by atoms with E-state index in [0.29, 0.717) is 25.9 Å². The van der Waals surface area contributed by atoms with Crippen LogP contribution in [0.5, 0.6) is 0 Å². The molecule has 0 aliphatic rings. The van der Waals surface area contributed by atoms with Crippen LogP contribution in [0.25, 0.3) is 0 Å². The van der Waals surface area contributed by atoms with Gasteiger partial charge >= 0.3 is 11.9 Å². The minimum Gasteiger partial charge on any atom is -0.481 e. The zero-order chi connectivity index (χ0) is 15.4. The average molecular weight is 284 g/mol. The third-order valence-corrected chi connectivity index (χ3v) is 3.25. The summed E-state index contributed by atoms with van der Waals surface area (Å²) in [4.78, 5) is 22.7. The van der Waals surface area contributed by atoms with Crippen LogP contribution in [0.3, 0.4) is 0 Å². The second-order valence-corrected chi connectivity index (χ2v) is 5.00. The largest absolute Gasteiger partial charge is 0.481 e. The molecular formula is C16H28O4. The third-order valence-electron chi connectivity index (χ3n) is 3.25. The summed E-state index contributed by atoms with van der Waals surface area (Å²) in [5.41, 5.74) is 0. The number of carboxylic acids is 1. The lowest BCUT2D eigenvalue weighted by Crippen LogP contribution is -2.17. The molecule has 0 aromatic heterocycles. The van der Waals surface area contributed by atoms with Crippen molar-refractivity contribution >= 4 is 11.9 Å². The van der Waals surface area contributed by atoms with Crippen LogP contribution in [0.15, 0.2) is 12.2 Å². The average Bonchev–Trinajstić information content (AvgIpc) is 2.40. The van der Waals surface area contributed by atoms with Crippen LogP contribution in [0.4, 0.5) is 0 Å². The molecule has 0 aliphatic heterocycles. The zero-order valence-electron chi connectivity index (χ0n) is 12.9. The molecule has 0 aliphatic carbocycles. The quantitative estimate of drug-likeness (QED) is 0.463. The monoisotopic (exact) mass is 284 g/mol. The van der Waals surface area contributed by atoms with Crippen molar-refractivity contribution in [3.8, 4) is 0 Å². The molecule has 4 heteroatoms. The van der Waals surface area contributed by atoms with Gasteiger partial charge in [-0.3, -0.25) is 9.59 Å². The summed E-state index contributed by atoms with van der Waals surface area (Å²) in [7, 11) is 0. The Morgan fingerprint density at radius 3 is 1.95 bits per heavy atom. The molecule has 2 unspecified atom stereocenters. The van der Waals surface area contributed by atoms with Gasteiger partial charge in [-0.2, -0.15) is 0 Å². The van der Waals surface area contributed by atoms with Gasteiger partial charge in [0.05, 0.1) is 18.4 Å². The van der Waals surface area contributed by atoms with Crippen molar-refractivity contribution in [2.24, 2.45) is 11.8 Å². The predicted octanol–water partition coefficient (Wildman–Crippen LogP) is 3.80. The Bertz CT molecular complexity index is 310. The number of hydrogen-bond donors (Lipinski definition) is 1. The molecule has 0 saturated heterocycles. The fourth-order valence-electron chi connectivity index (χ4n) is 2.15. The second kappa shape index (κ2) is 11.5. The molecule has 0 amide bonds. The van der Waals surface area contributed by atoms with Gasteiger partial charge in [0.15, 0.2) is 0 Å². The van der Waals surface area contributed by atoms with E-state index in [2.05, 4.69) is 0 Å². The van der Waals surface area contributed by atoms with Crippen LogP contribution in [0, 0.1) is 11.8 Å².